The number of fused-ring (bicyclic) bond motifs is 2. The summed E-state index contributed by atoms with van der Waals surface area (Å²) in [5.74, 6) is -3.50. The van der Waals surface area contributed by atoms with E-state index >= 15 is 0 Å². The summed E-state index contributed by atoms with van der Waals surface area (Å²) >= 11 is 6.10. The fourth-order valence-corrected chi connectivity index (χ4v) is 3.73. The number of nitrogens with one attached hydrogen (secondary N) is 2. The van der Waals surface area contributed by atoms with E-state index in [1.807, 2.05) is 0 Å². The number of aromatic nitrogens is 4. The number of hydrogen-bond donors (Lipinski definition) is 2. The number of carbonyl (C=O) groups excluding carboxylic acids is 1. The number of pyridine rings is 1. The van der Waals surface area contributed by atoms with Gasteiger partial charge in [-0.1, -0.05) is 11.6 Å². The molecule has 4 aromatic rings. The summed E-state index contributed by atoms with van der Waals surface area (Å²) in [4.78, 5) is 16.1. The molecule has 166 valence electrons. The van der Waals surface area contributed by atoms with Gasteiger partial charge in [0.25, 0.3) is 0 Å². The Labute approximate surface area is 180 Å². The summed E-state index contributed by atoms with van der Waals surface area (Å²) in [5.41, 5.74) is 0.520. The number of alkyl halides is 4. The minimum atomic E-state index is -5.14. The van der Waals surface area contributed by atoms with Gasteiger partial charge in [-0.2, -0.15) is 5.10 Å². The molecule has 13 heteroatoms. The molecule has 3 aromatic heterocycles. The number of nitrogens with zero attached hydrogens (tertiary/aromatic N) is 3. The van der Waals surface area contributed by atoms with Crippen molar-refractivity contribution in [3.63, 3.8) is 0 Å². The van der Waals surface area contributed by atoms with Gasteiger partial charge in [0, 0.05) is 22.7 Å². The Morgan fingerprint density at radius 1 is 1.31 bits per heavy atom. The maximum atomic E-state index is 14.8. The third kappa shape index (κ3) is 3.49. The van der Waals surface area contributed by atoms with Crippen LogP contribution in [0, 0.1) is 11.7 Å². The monoisotopic (exact) mass is 471 g/mol. The zero-order valence-electron chi connectivity index (χ0n) is 15.7. The van der Waals surface area contributed by atoms with Crippen molar-refractivity contribution in [1.82, 2.24) is 19.6 Å². The highest BCUT2D eigenvalue weighted by Gasteiger charge is 2.43. The lowest BCUT2D eigenvalue weighted by molar-refractivity contribution is -0.275. The summed E-state index contributed by atoms with van der Waals surface area (Å²) in [7, 11) is 0. The maximum absolute atomic E-state index is 14.8. The summed E-state index contributed by atoms with van der Waals surface area (Å²) in [5, 5.41) is 8.03. The summed E-state index contributed by atoms with van der Waals surface area (Å²) < 4.78 is 71.3. The van der Waals surface area contributed by atoms with Gasteiger partial charge in [0.15, 0.2) is 17.4 Å². The first-order valence-electron chi connectivity index (χ1n) is 9.16. The van der Waals surface area contributed by atoms with Crippen LogP contribution in [0.15, 0.2) is 30.7 Å². The maximum Gasteiger partial charge on any atom is 0.573 e. The molecule has 2 N–H and O–H groups in total. The molecular weight excluding hydrogens is 461 g/mol. The molecule has 2 unspecified atom stereocenters. The van der Waals surface area contributed by atoms with E-state index in [9.17, 15) is 26.7 Å². The van der Waals surface area contributed by atoms with Crippen LogP contribution in [0.4, 0.5) is 27.8 Å². The first-order chi connectivity index (χ1) is 15.1. The molecule has 5 rings (SSSR count). The molecule has 0 spiro atoms. The second kappa shape index (κ2) is 7.05. The smallest absolute Gasteiger partial charge is 0.400 e. The molecule has 3 heterocycles. The van der Waals surface area contributed by atoms with Gasteiger partial charge in [0.05, 0.1) is 23.3 Å². The number of ether oxygens (including phenoxy) is 1. The van der Waals surface area contributed by atoms with E-state index in [1.54, 1.807) is 6.07 Å². The Morgan fingerprint density at radius 3 is 2.75 bits per heavy atom. The molecule has 0 bridgehead atoms. The molecule has 1 saturated carbocycles. The molecule has 2 atom stereocenters. The SMILES string of the molecule is O=C(Nc1cn2cc(-c3c(Cl)c(F)c(OC(F)(F)F)c4[nH]ncc34)ccc2n1)C1CC1F. The van der Waals surface area contributed by atoms with E-state index in [2.05, 4.69) is 25.2 Å². The molecule has 1 fully saturated rings. The van der Waals surface area contributed by atoms with Crippen LogP contribution in [0.2, 0.25) is 5.02 Å². The fourth-order valence-electron chi connectivity index (χ4n) is 3.43. The van der Waals surface area contributed by atoms with E-state index < -0.39 is 40.9 Å². The van der Waals surface area contributed by atoms with Crippen LogP contribution in [-0.4, -0.2) is 38.0 Å². The van der Waals surface area contributed by atoms with Crippen molar-refractivity contribution >= 4 is 39.9 Å². The van der Waals surface area contributed by atoms with Crippen LogP contribution in [0.3, 0.4) is 0 Å². The number of hydrogen-bond acceptors (Lipinski definition) is 4. The number of benzene rings is 1. The lowest BCUT2D eigenvalue weighted by Gasteiger charge is -2.14. The Kier molecular flexibility index (Phi) is 4.52. The van der Waals surface area contributed by atoms with Crippen molar-refractivity contribution in [2.45, 2.75) is 19.0 Å². The molecule has 0 radical (unpaired) electrons. The summed E-state index contributed by atoms with van der Waals surface area (Å²) in [6.07, 6.45) is -1.96. The lowest BCUT2D eigenvalue weighted by atomic mass is 10.0. The average Bonchev–Trinajstić information content (AvgIpc) is 3.10. The normalized spacial score (nSPS) is 18.3. The van der Waals surface area contributed by atoms with Gasteiger partial charge in [0.1, 0.15) is 17.3 Å². The standard InChI is InChI=1S/C19H11ClF5N5O2/c20-14-13(9-4-26-29-16(9)17(15(14)22)32-19(23,24)25)7-1-2-12-27-11(6-30(12)5-7)28-18(31)8-3-10(8)21/h1-2,4-6,8,10H,3H2,(H,26,29)(H,28,31). The van der Waals surface area contributed by atoms with Crippen molar-refractivity contribution in [1.29, 1.82) is 0 Å². The van der Waals surface area contributed by atoms with E-state index in [4.69, 9.17) is 11.6 Å². The topological polar surface area (TPSA) is 84.3 Å². The molecule has 1 aromatic carbocycles. The van der Waals surface area contributed by atoms with Gasteiger partial charge >= 0.3 is 6.36 Å². The Hall–Kier alpha value is -3.41. The van der Waals surface area contributed by atoms with Crippen molar-refractivity contribution in [2.24, 2.45) is 5.92 Å². The predicted molar refractivity (Wildman–Crippen MR) is 104 cm³/mol. The molecule has 0 saturated heterocycles. The van der Waals surface area contributed by atoms with Crippen LogP contribution in [0.25, 0.3) is 27.7 Å². The van der Waals surface area contributed by atoms with Crippen molar-refractivity contribution < 1.29 is 31.5 Å². The van der Waals surface area contributed by atoms with Crippen LogP contribution in [0.5, 0.6) is 5.75 Å². The van der Waals surface area contributed by atoms with Crippen molar-refractivity contribution in [3.05, 3.63) is 41.6 Å². The van der Waals surface area contributed by atoms with E-state index in [0.29, 0.717) is 11.2 Å². The predicted octanol–water partition coefficient (Wildman–Crippen LogP) is 4.87. The molecule has 1 aliphatic rings. The second-order valence-corrected chi connectivity index (χ2v) is 7.57. The van der Waals surface area contributed by atoms with Gasteiger partial charge in [-0.25, -0.2) is 13.8 Å². The Balaban J connectivity index is 1.57. The molecule has 0 aliphatic heterocycles. The van der Waals surface area contributed by atoms with Crippen LogP contribution in [0.1, 0.15) is 6.42 Å². The minimum absolute atomic E-state index is 0.0851. The number of amides is 1. The van der Waals surface area contributed by atoms with E-state index in [-0.39, 0.29) is 28.7 Å². The largest absolute Gasteiger partial charge is 0.573 e. The number of anilines is 1. The van der Waals surface area contributed by atoms with Gasteiger partial charge in [0.2, 0.25) is 5.91 Å². The third-order valence-electron chi connectivity index (χ3n) is 5.01. The summed E-state index contributed by atoms with van der Waals surface area (Å²) in [6.45, 7) is 0. The van der Waals surface area contributed by atoms with Crippen LogP contribution < -0.4 is 10.1 Å². The first kappa shape index (κ1) is 20.5. The average molecular weight is 472 g/mol. The zero-order chi connectivity index (χ0) is 22.8. The number of rotatable bonds is 4. The van der Waals surface area contributed by atoms with Crippen molar-refractivity contribution in [2.75, 3.05) is 5.32 Å². The number of imidazole rings is 1. The van der Waals surface area contributed by atoms with Crippen molar-refractivity contribution in [3.8, 4) is 16.9 Å². The highest BCUT2D eigenvalue weighted by molar-refractivity contribution is 6.35. The zero-order valence-corrected chi connectivity index (χ0v) is 16.4. The minimum Gasteiger partial charge on any atom is -0.400 e. The number of halogens is 6. The van der Waals surface area contributed by atoms with Crippen LogP contribution >= 0.6 is 11.6 Å². The summed E-state index contributed by atoms with van der Waals surface area (Å²) in [6, 6.07) is 3.07. The van der Waals surface area contributed by atoms with E-state index in [1.165, 1.54) is 29.1 Å². The highest BCUT2D eigenvalue weighted by Crippen LogP contribution is 2.44. The van der Waals surface area contributed by atoms with Gasteiger partial charge in [-0.3, -0.25) is 9.89 Å². The first-order valence-corrected chi connectivity index (χ1v) is 9.54. The Bertz CT molecular complexity index is 1380. The molecule has 32 heavy (non-hydrogen) atoms. The third-order valence-corrected chi connectivity index (χ3v) is 5.36. The molecular formula is C19H11ClF5N5O2. The molecule has 1 amide bonds. The van der Waals surface area contributed by atoms with Gasteiger partial charge < -0.3 is 14.5 Å². The van der Waals surface area contributed by atoms with Gasteiger partial charge in [-0.05, 0) is 18.6 Å². The van der Waals surface area contributed by atoms with Crippen LogP contribution in [-0.2, 0) is 4.79 Å². The second-order valence-electron chi connectivity index (χ2n) is 7.20. The molecule has 7 nitrogen and oxygen atoms in total. The lowest BCUT2D eigenvalue weighted by Crippen LogP contribution is -2.18. The number of aromatic amines is 1. The molecule has 1 aliphatic carbocycles. The highest BCUT2D eigenvalue weighted by atomic mass is 35.5. The fraction of sp³-hybridized carbons (Fsp3) is 0.211. The Morgan fingerprint density at radius 2 is 2.06 bits per heavy atom. The quantitative estimate of drug-likeness (QED) is 0.416. The number of carbonyl (C=O) groups is 1. The van der Waals surface area contributed by atoms with Gasteiger partial charge in [-0.15, -0.1) is 13.2 Å². The number of H-pyrrole nitrogens is 1. The van der Waals surface area contributed by atoms with E-state index in [0.717, 1.165) is 0 Å².